The average molecular weight is 439 g/mol. The predicted octanol–water partition coefficient (Wildman–Crippen LogP) is 2.66. The maximum Gasteiger partial charge on any atom is 0.411 e. The van der Waals surface area contributed by atoms with E-state index in [1.165, 1.54) is 0 Å². The third-order valence-electron chi connectivity index (χ3n) is 8.60. The van der Waals surface area contributed by atoms with Gasteiger partial charge in [0.15, 0.2) is 5.82 Å². The lowest BCUT2D eigenvalue weighted by Gasteiger charge is -2.44. The van der Waals surface area contributed by atoms with E-state index in [0.717, 1.165) is 38.8 Å². The van der Waals surface area contributed by atoms with Crippen LogP contribution >= 0.6 is 0 Å². The van der Waals surface area contributed by atoms with Crippen LogP contribution in [0, 0.1) is 24.7 Å². The van der Waals surface area contributed by atoms with Gasteiger partial charge >= 0.3 is 12.2 Å². The molecule has 3 unspecified atom stereocenters. The number of fused-ring (bicyclic) bond motifs is 3. The van der Waals surface area contributed by atoms with E-state index >= 15 is 0 Å². The Balaban J connectivity index is 1.05. The molecular weight excluding hydrogens is 411 g/mol. The van der Waals surface area contributed by atoms with Crippen molar-refractivity contribution in [3.05, 3.63) is 5.82 Å². The average Bonchev–Trinajstić information content (AvgIpc) is 2.98. The summed E-state index contributed by atoms with van der Waals surface area (Å²) in [5.74, 6) is 0.441. The van der Waals surface area contributed by atoms with Crippen molar-refractivity contribution in [1.82, 2.24) is 20.4 Å². The standard InChI is InChI=1S/C21H28F3N5O2/c1-11-25-19(31-27-11)29-12-3-4-13(29)8-14(7-12)28-9-15-16(10-28)17(15)18(30)26-20(5-2-6-20)21(22,23)24/h12-17H,2-10H2,1H3,(H,26,30)/t12?,13?,14?,15-,16+,17?. The summed E-state index contributed by atoms with van der Waals surface area (Å²) in [4.78, 5) is 21.8. The number of carbonyl (C=O) groups is 1. The molecule has 7 nitrogen and oxygen atoms in total. The number of nitrogens with one attached hydrogen (secondary N) is 1. The van der Waals surface area contributed by atoms with Crippen LogP contribution in [0.3, 0.4) is 0 Å². The third kappa shape index (κ3) is 3.00. The fourth-order valence-corrected chi connectivity index (χ4v) is 6.72. The molecule has 2 saturated carbocycles. The maximum atomic E-state index is 13.4. The molecule has 1 amide bonds. The molecule has 5 aliphatic rings. The second kappa shape index (κ2) is 6.59. The topological polar surface area (TPSA) is 74.5 Å². The van der Waals surface area contributed by atoms with Gasteiger partial charge in [-0.15, -0.1) is 0 Å². The Morgan fingerprint density at radius 1 is 1.13 bits per heavy atom. The Morgan fingerprint density at radius 3 is 2.26 bits per heavy atom. The van der Waals surface area contributed by atoms with E-state index < -0.39 is 11.7 Å². The van der Waals surface area contributed by atoms with Crippen LogP contribution in [0.1, 0.15) is 50.8 Å². The number of amides is 1. The lowest BCUT2D eigenvalue weighted by Crippen LogP contribution is -2.63. The van der Waals surface area contributed by atoms with Gasteiger partial charge in [-0.3, -0.25) is 9.69 Å². The van der Waals surface area contributed by atoms with Crippen molar-refractivity contribution >= 4 is 11.9 Å². The van der Waals surface area contributed by atoms with Crippen molar-refractivity contribution in [2.75, 3.05) is 18.0 Å². The molecule has 5 fully saturated rings. The number of alkyl halides is 3. The van der Waals surface area contributed by atoms with Crippen LogP contribution in [0.4, 0.5) is 19.2 Å². The summed E-state index contributed by atoms with van der Waals surface area (Å²) < 4.78 is 45.6. The summed E-state index contributed by atoms with van der Waals surface area (Å²) in [5.41, 5.74) is -1.97. The summed E-state index contributed by atoms with van der Waals surface area (Å²) in [6.45, 7) is 3.48. The Labute approximate surface area is 178 Å². The van der Waals surface area contributed by atoms with E-state index in [2.05, 4.69) is 25.3 Å². The van der Waals surface area contributed by atoms with Gasteiger partial charge in [0, 0.05) is 37.1 Å². The van der Waals surface area contributed by atoms with Crippen LogP contribution in [0.2, 0.25) is 0 Å². The highest BCUT2D eigenvalue weighted by molar-refractivity contribution is 5.83. The van der Waals surface area contributed by atoms with Crippen molar-refractivity contribution in [2.24, 2.45) is 17.8 Å². The van der Waals surface area contributed by atoms with Crippen LogP contribution < -0.4 is 10.2 Å². The fourth-order valence-electron chi connectivity index (χ4n) is 6.72. The third-order valence-corrected chi connectivity index (χ3v) is 8.60. The van der Waals surface area contributed by atoms with Gasteiger partial charge in [0.2, 0.25) is 5.91 Å². The molecule has 3 aliphatic heterocycles. The molecule has 4 heterocycles. The lowest BCUT2D eigenvalue weighted by atomic mass is 9.76. The van der Waals surface area contributed by atoms with Gasteiger partial charge in [0.05, 0.1) is 0 Å². The largest absolute Gasteiger partial charge is 0.411 e. The van der Waals surface area contributed by atoms with Crippen molar-refractivity contribution in [3.8, 4) is 0 Å². The molecule has 3 saturated heterocycles. The summed E-state index contributed by atoms with van der Waals surface area (Å²) >= 11 is 0. The number of halogens is 3. The van der Waals surface area contributed by atoms with Gasteiger partial charge in [0.1, 0.15) is 5.54 Å². The molecule has 31 heavy (non-hydrogen) atoms. The Hall–Kier alpha value is -1.84. The molecule has 1 N–H and O–H groups in total. The van der Waals surface area contributed by atoms with Gasteiger partial charge in [0.25, 0.3) is 0 Å². The summed E-state index contributed by atoms with van der Waals surface area (Å²) in [7, 11) is 0. The van der Waals surface area contributed by atoms with Gasteiger partial charge in [-0.05, 0) is 63.7 Å². The summed E-state index contributed by atoms with van der Waals surface area (Å²) in [6.07, 6.45) is 0.490. The SMILES string of the molecule is Cc1noc(N2C3CCC2CC(N2C[C@@H]4C(C(=O)NC5(C(F)(F)F)CCC5)[C@@H]4C2)C3)n1. The number of anilines is 1. The smallest absolute Gasteiger partial charge is 0.342 e. The minimum absolute atomic E-state index is 0.0112. The Morgan fingerprint density at radius 2 is 1.77 bits per heavy atom. The minimum atomic E-state index is -4.36. The molecule has 6 rings (SSSR count). The van der Waals surface area contributed by atoms with Crippen molar-refractivity contribution in [3.63, 3.8) is 0 Å². The summed E-state index contributed by atoms with van der Waals surface area (Å²) in [6, 6.07) is 1.87. The Bertz CT molecular complexity index is 859. The van der Waals surface area contributed by atoms with Crippen LogP contribution in [0.15, 0.2) is 4.52 Å². The van der Waals surface area contributed by atoms with Crippen LogP contribution in [0.5, 0.6) is 0 Å². The first kappa shape index (κ1) is 19.8. The molecule has 0 radical (unpaired) electrons. The maximum absolute atomic E-state index is 13.4. The van der Waals surface area contributed by atoms with Gasteiger partial charge in [-0.1, -0.05) is 5.16 Å². The van der Waals surface area contributed by atoms with E-state index in [-0.39, 0.29) is 36.5 Å². The van der Waals surface area contributed by atoms with E-state index in [9.17, 15) is 18.0 Å². The number of hydrogen-bond donors (Lipinski definition) is 1. The van der Waals surface area contributed by atoms with Gasteiger partial charge in [-0.2, -0.15) is 18.2 Å². The number of rotatable bonds is 4. The molecule has 5 atom stereocenters. The number of aromatic nitrogens is 2. The zero-order valence-corrected chi connectivity index (χ0v) is 17.6. The van der Waals surface area contributed by atoms with Gasteiger partial charge < -0.3 is 14.7 Å². The zero-order chi connectivity index (χ0) is 21.5. The number of hydrogen-bond acceptors (Lipinski definition) is 6. The van der Waals surface area contributed by atoms with E-state index in [4.69, 9.17) is 4.52 Å². The number of aryl methyl sites for hydroxylation is 1. The second-order valence-corrected chi connectivity index (χ2v) is 10.3. The number of nitrogens with zero attached hydrogens (tertiary/aromatic N) is 4. The highest BCUT2D eigenvalue weighted by Gasteiger charge is 2.64. The van der Waals surface area contributed by atoms with Crippen molar-refractivity contribution < 1.29 is 22.5 Å². The quantitative estimate of drug-likeness (QED) is 0.778. The van der Waals surface area contributed by atoms with Crippen molar-refractivity contribution in [2.45, 2.75) is 81.7 Å². The lowest BCUT2D eigenvalue weighted by molar-refractivity contribution is -0.219. The van der Waals surface area contributed by atoms with E-state index in [0.29, 0.717) is 36.4 Å². The fraction of sp³-hybridized carbons (Fsp3) is 0.857. The molecule has 10 heteroatoms. The molecule has 170 valence electrons. The molecule has 0 aromatic carbocycles. The molecule has 2 bridgehead atoms. The first-order valence-electron chi connectivity index (χ1n) is 11.5. The van der Waals surface area contributed by atoms with Crippen LogP contribution in [-0.2, 0) is 4.79 Å². The molecule has 0 spiro atoms. The van der Waals surface area contributed by atoms with Crippen molar-refractivity contribution in [1.29, 1.82) is 0 Å². The first-order valence-corrected chi connectivity index (χ1v) is 11.5. The molecule has 1 aromatic rings. The number of carbonyl (C=O) groups excluding carboxylic acids is 1. The highest BCUT2D eigenvalue weighted by atomic mass is 19.4. The zero-order valence-electron chi connectivity index (χ0n) is 17.6. The van der Waals surface area contributed by atoms with E-state index in [1.54, 1.807) is 0 Å². The second-order valence-electron chi connectivity index (χ2n) is 10.3. The Kier molecular flexibility index (Phi) is 4.21. The monoisotopic (exact) mass is 439 g/mol. The number of piperidine rings is 2. The van der Waals surface area contributed by atoms with E-state index in [1.807, 2.05) is 6.92 Å². The molecule has 1 aromatic heterocycles. The minimum Gasteiger partial charge on any atom is -0.342 e. The van der Waals surface area contributed by atoms with Gasteiger partial charge in [-0.25, -0.2) is 0 Å². The predicted molar refractivity (Wildman–Crippen MR) is 104 cm³/mol. The highest BCUT2D eigenvalue weighted by Crippen LogP contribution is 2.55. The van der Waals surface area contributed by atoms with Crippen LogP contribution in [-0.4, -0.2) is 63.9 Å². The normalized spacial score (nSPS) is 38.6. The number of likely N-dealkylation sites (tertiary alicyclic amines) is 1. The van der Waals surface area contributed by atoms with Crippen LogP contribution in [0.25, 0.3) is 0 Å². The summed E-state index contributed by atoms with van der Waals surface area (Å²) in [5, 5.41) is 6.32. The molecular formula is C21H28F3N5O2. The first-order chi connectivity index (χ1) is 14.8. The molecule has 2 aliphatic carbocycles.